The first kappa shape index (κ1) is 106. The maximum atomic E-state index is 15.0. The summed E-state index contributed by atoms with van der Waals surface area (Å²) in [5.74, 6) is -18.8. The molecule has 1 heterocycles. The van der Waals surface area contributed by atoms with E-state index in [1.807, 2.05) is 0 Å². The van der Waals surface area contributed by atoms with Crippen LogP contribution in [0.4, 0.5) is 0 Å². The van der Waals surface area contributed by atoms with Crippen LogP contribution in [0.15, 0.2) is 61.1 Å². The molecule has 3 aromatic rings. The summed E-state index contributed by atoms with van der Waals surface area (Å²) in [5.41, 5.74) is 33.2. The van der Waals surface area contributed by atoms with Crippen molar-refractivity contribution in [3.63, 3.8) is 0 Å². The number of guanidine groups is 3. The first-order chi connectivity index (χ1) is 59.8. The third-order valence-corrected chi connectivity index (χ3v) is 20.4. The van der Waals surface area contributed by atoms with Crippen molar-refractivity contribution in [3.8, 4) is 11.5 Å². The number of aromatic hydroxyl groups is 2. The zero-order valence-electron chi connectivity index (χ0n) is 72.9. The van der Waals surface area contributed by atoms with E-state index in [1.54, 1.807) is 27.7 Å². The second kappa shape index (κ2) is 53.0. The van der Waals surface area contributed by atoms with E-state index in [4.69, 9.17) is 50.6 Å². The molecule has 0 bridgehead atoms. The van der Waals surface area contributed by atoms with Gasteiger partial charge < -0.3 is 140 Å². The quantitative estimate of drug-likeness (QED) is 0.0142. The van der Waals surface area contributed by atoms with Crippen LogP contribution in [0.3, 0.4) is 0 Å². The highest BCUT2D eigenvalue weighted by Crippen LogP contribution is 2.29. The molecule has 0 spiro atoms. The highest BCUT2D eigenvalue weighted by molar-refractivity contribution is 6.01. The molecule has 1 aromatic heterocycles. The van der Waals surface area contributed by atoms with Crippen LogP contribution in [0, 0.1) is 34.0 Å². The summed E-state index contributed by atoms with van der Waals surface area (Å²) in [6.45, 7) is 12.1. The fourth-order valence-corrected chi connectivity index (χ4v) is 13.8. The Morgan fingerprint density at radius 3 is 1.17 bits per heavy atom. The Hall–Kier alpha value is -13.5. The van der Waals surface area contributed by atoms with Crippen LogP contribution in [-0.2, 0) is 96.0 Å². The molecule has 1 saturated carbocycles. The number of primary amides is 3. The minimum absolute atomic E-state index is 0.0169. The van der Waals surface area contributed by atoms with Gasteiger partial charge in [0.05, 0.1) is 18.9 Å². The monoisotopic (exact) mass is 1780 g/mol. The van der Waals surface area contributed by atoms with Crippen molar-refractivity contribution in [2.75, 3.05) is 19.6 Å². The predicted octanol–water partition coefficient (Wildman–Crippen LogP) is -5.95. The van der Waals surface area contributed by atoms with Crippen molar-refractivity contribution in [2.24, 2.45) is 52.2 Å². The number of phenols is 2. The molecule has 16 amide bonds. The number of imidazole rings is 1. The maximum Gasteiger partial charge on any atom is 0.246 e. The van der Waals surface area contributed by atoms with Crippen LogP contribution in [0.5, 0.6) is 11.5 Å². The zero-order chi connectivity index (χ0) is 94.9. The number of amides is 16. The second-order valence-electron chi connectivity index (χ2n) is 32.7. The van der Waals surface area contributed by atoms with E-state index in [9.17, 15) is 92.0 Å². The van der Waals surface area contributed by atoms with E-state index in [2.05, 4.69) is 95.0 Å². The average molecular weight is 1790 g/mol. The number of aromatic nitrogens is 2. The number of aliphatic hydroxyl groups excluding tert-OH is 1. The lowest BCUT2D eigenvalue weighted by Gasteiger charge is -2.37. The standard InChI is InChI=1S/C81H129N27O19/c1-41(2)33-56(100-71(121)58(36-47-20-24-50(112)25-21-47)102-72(122)59(37-48-39-91-40-95-48)103-68(118)53(17-14-32-94-80(89)90)105-77(127)81(108-45(8)110)28-10-9-11-29-81)70(120)104-60(38-62(83)114)73(123)101-57(34-42(3)4)74(124)106-63(43(5)6)75(125)107-64(44(7)109)76(126)98-52(16-13-31-93-79(87)88)66(116)97-54(26-27-61(82)113)69(119)96-51(15-12-30-92-78(85)86)67(117)99-55(65(84)115)35-46-18-22-49(111)23-19-46/h18-25,39-44,51-60,63-64,109,111-112H,9-17,26-38H2,1-8H3,(H2,82,113)(H2,83,114)(H2,84,115)(H,91,95)(H,96,119)(H,97,116)(H,98,126)(H,99,117)(H,100,121)(H,101,123)(H,102,122)(H,103,118)(H,104,120)(H,105,127)(H,106,124)(H,107,125)(H,108,110)(H4,85,86,92)(H4,87,88,93)(H4,89,90,94)/t44-,51+,52+,53+,54+,55+,56+,57+,58+,59+,60+,63+,64+/m1/s1. The Morgan fingerprint density at radius 1 is 0.425 bits per heavy atom. The average Bonchev–Trinajstić information content (AvgIpc) is 1.63. The van der Waals surface area contributed by atoms with Crippen LogP contribution >= 0.6 is 0 Å². The molecule has 702 valence electrons. The summed E-state index contributed by atoms with van der Waals surface area (Å²) in [6, 6.07) is -8.13. The molecular formula is C81H129N27O19. The maximum absolute atomic E-state index is 15.0. The number of aromatic amines is 1. The van der Waals surface area contributed by atoms with Gasteiger partial charge in [0.25, 0.3) is 0 Å². The summed E-state index contributed by atoms with van der Waals surface area (Å²) in [5, 5.41) is 95.4. The van der Waals surface area contributed by atoms with Crippen molar-refractivity contribution in [1.29, 1.82) is 16.2 Å². The SMILES string of the molecule is CC(=O)NC1(C(=O)N[C@@H](CCCNC(=N)N)C(=O)N[C@@H](Cc2cnc[nH]2)C(=O)N[C@@H](Cc2ccc(O)cc2)C(=O)N[C@@H](CC(C)C)C(=O)N[C@@H](CC(N)=O)C(=O)N[C@@H](CC(C)C)C(=O)N[C@H](C(=O)N[C@H](C(=O)N[C@@H](CCCNC(=N)N)C(=O)N[C@@H](CCC(N)=O)C(=O)N[C@@H](CCCNC(=N)N)C(=O)N[C@@H](Cc2ccc(O)cc2)C(N)=O)[C@@H](C)O)C(C)C)CCCCC1. The van der Waals surface area contributed by atoms with Crippen molar-refractivity contribution in [2.45, 2.75) is 262 Å². The number of rotatable bonds is 55. The van der Waals surface area contributed by atoms with Crippen LogP contribution in [0.2, 0.25) is 0 Å². The molecule has 127 heavy (non-hydrogen) atoms. The number of H-pyrrole nitrogens is 1. The fourth-order valence-electron chi connectivity index (χ4n) is 13.8. The van der Waals surface area contributed by atoms with Crippen LogP contribution in [0.1, 0.15) is 175 Å². The normalized spacial score (nSPS) is 15.3. The third kappa shape index (κ3) is 38.7. The van der Waals surface area contributed by atoms with Gasteiger partial charge in [-0.05, 0) is 131 Å². The second-order valence-corrected chi connectivity index (χ2v) is 32.7. The summed E-state index contributed by atoms with van der Waals surface area (Å²) in [7, 11) is 0. The van der Waals surface area contributed by atoms with Crippen molar-refractivity contribution in [1.82, 2.24) is 95.0 Å². The van der Waals surface area contributed by atoms with Crippen molar-refractivity contribution >= 4 is 112 Å². The Bertz CT molecular complexity index is 4260. The summed E-state index contributed by atoms with van der Waals surface area (Å²) >= 11 is 0. The van der Waals surface area contributed by atoms with Gasteiger partial charge in [0.15, 0.2) is 17.9 Å². The molecule has 1 aliphatic rings. The van der Waals surface area contributed by atoms with E-state index in [1.165, 1.54) is 81.8 Å². The highest BCUT2D eigenvalue weighted by Gasteiger charge is 2.44. The Balaban J connectivity index is 1.63. The minimum Gasteiger partial charge on any atom is -0.508 e. The molecule has 4 rings (SSSR count). The number of nitrogens with two attached hydrogens (primary N) is 6. The van der Waals surface area contributed by atoms with Crippen LogP contribution in [-0.4, -0.2) is 241 Å². The van der Waals surface area contributed by atoms with Crippen molar-refractivity contribution < 1.29 is 92.0 Å². The van der Waals surface area contributed by atoms with Gasteiger partial charge in [-0.25, -0.2) is 4.98 Å². The number of nitrogens with one attached hydrogen (secondary N) is 20. The molecule has 1 fully saturated rings. The summed E-state index contributed by atoms with van der Waals surface area (Å²) < 4.78 is 0. The Kier molecular flexibility index (Phi) is 44.2. The highest BCUT2D eigenvalue weighted by atomic mass is 16.3. The molecule has 0 radical (unpaired) electrons. The number of aliphatic hydroxyl groups is 1. The van der Waals surface area contributed by atoms with E-state index >= 15 is 0 Å². The zero-order valence-corrected chi connectivity index (χ0v) is 72.9. The van der Waals surface area contributed by atoms with Gasteiger partial charge in [-0.15, -0.1) is 0 Å². The number of nitrogens with zero attached hydrogens (tertiary/aromatic N) is 1. The van der Waals surface area contributed by atoms with Crippen molar-refractivity contribution in [3.05, 3.63) is 77.9 Å². The van der Waals surface area contributed by atoms with Gasteiger partial charge in [0.2, 0.25) is 94.5 Å². The predicted molar refractivity (Wildman–Crippen MR) is 463 cm³/mol. The van der Waals surface area contributed by atoms with E-state index in [-0.39, 0.29) is 121 Å². The van der Waals surface area contributed by atoms with E-state index < -0.39 is 228 Å². The molecule has 0 unspecified atom stereocenters. The number of carbonyl (C=O) groups excluding carboxylic acids is 16. The topological polar surface area (TPSA) is 783 Å². The Morgan fingerprint density at radius 2 is 0.780 bits per heavy atom. The van der Waals surface area contributed by atoms with Gasteiger partial charge >= 0.3 is 0 Å². The van der Waals surface area contributed by atoms with E-state index in [0.29, 0.717) is 29.7 Å². The molecule has 46 nitrogen and oxygen atoms in total. The lowest BCUT2D eigenvalue weighted by atomic mass is 9.80. The van der Waals surface area contributed by atoms with Gasteiger partial charge in [-0.2, -0.15) is 0 Å². The number of hydrogen-bond acceptors (Lipinski definition) is 23. The molecule has 13 atom stereocenters. The molecular weight excluding hydrogens is 1660 g/mol. The smallest absolute Gasteiger partial charge is 0.246 e. The van der Waals surface area contributed by atoms with Gasteiger partial charge in [0.1, 0.15) is 89.5 Å². The summed E-state index contributed by atoms with van der Waals surface area (Å²) in [6.07, 6.45) is 0.0844. The number of hydrogen-bond donors (Lipinski definition) is 29. The largest absolute Gasteiger partial charge is 0.508 e. The number of carbonyl (C=O) groups is 16. The molecule has 0 aliphatic heterocycles. The lowest BCUT2D eigenvalue weighted by molar-refractivity contribution is -0.138. The third-order valence-electron chi connectivity index (χ3n) is 20.4. The van der Waals surface area contributed by atoms with Crippen LogP contribution in [0.25, 0.3) is 0 Å². The first-order valence-corrected chi connectivity index (χ1v) is 42.0. The molecule has 35 N–H and O–H groups in total. The molecule has 2 aromatic carbocycles. The summed E-state index contributed by atoms with van der Waals surface area (Å²) in [4.78, 5) is 232. The lowest BCUT2D eigenvalue weighted by Crippen LogP contribution is -2.63. The van der Waals surface area contributed by atoms with Crippen LogP contribution < -0.4 is 119 Å². The first-order valence-electron chi connectivity index (χ1n) is 42.0. The van der Waals surface area contributed by atoms with Gasteiger partial charge in [-0.3, -0.25) is 92.9 Å². The van der Waals surface area contributed by atoms with Gasteiger partial charge in [0, 0.05) is 64.1 Å². The Labute approximate surface area is 735 Å². The minimum atomic E-state index is -1.94. The van der Waals surface area contributed by atoms with E-state index in [0.717, 1.165) is 13.3 Å². The molecule has 1 aliphatic carbocycles. The van der Waals surface area contributed by atoms with Gasteiger partial charge in [-0.1, -0.05) is 85.1 Å². The number of phenolic OH excluding ortho intramolecular Hbond substituents is 2. The fraction of sp³-hybridized carbons (Fsp3) is 0.580. The molecule has 0 saturated heterocycles. The number of benzene rings is 2. The molecule has 46 heteroatoms.